The number of nitrogens with one attached hydrogen (secondary N) is 2. The second kappa shape index (κ2) is 7.33. The van der Waals surface area contributed by atoms with E-state index in [1.165, 1.54) is 4.90 Å². The number of aliphatic carboxylic acids is 1. The Hall–Kier alpha value is -2.57. The lowest BCUT2D eigenvalue weighted by Crippen LogP contribution is -2.58. The van der Waals surface area contributed by atoms with Crippen LogP contribution in [0.25, 0.3) is 0 Å². The van der Waals surface area contributed by atoms with Crippen LogP contribution in [0.5, 0.6) is 0 Å². The molecule has 2 rings (SSSR count). The second-order valence-corrected chi connectivity index (χ2v) is 6.50. The van der Waals surface area contributed by atoms with E-state index in [9.17, 15) is 14.4 Å². The fraction of sp³-hybridized carbons (Fsp3) is 0.471. The maximum absolute atomic E-state index is 12.7. The van der Waals surface area contributed by atoms with Crippen molar-refractivity contribution in [2.24, 2.45) is 5.92 Å². The van der Waals surface area contributed by atoms with Gasteiger partial charge in [-0.15, -0.1) is 0 Å². The zero-order chi connectivity index (χ0) is 17.7. The van der Waals surface area contributed by atoms with E-state index < -0.39 is 23.5 Å². The Labute approximate surface area is 141 Å². The van der Waals surface area contributed by atoms with Crippen LogP contribution < -0.4 is 10.6 Å². The molecule has 1 aromatic rings. The van der Waals surface area contributed by atoms with Crippen LogP contribution in [-0.4, -0.2) is 46.5 Å². The van der Waals surface area contributed by atoms with Gasteiger partial charge in [0.15, 0.2) is 0 Å². The number of hydrogen-bond donors (Lipinski definition) is 3. The summed E-state index contributed by atoms with van der Waals surface area (Å²) in [4.78, 5) is 37.4. The van der Waals surface area contributed by atoms with Gasteiger partial charge in [-0.05, 0) is 38.8 Å². The van der Waals surface area contributed by atoms with Crippen LogP contribution >= 0.6 is 0 Å². The average molecular weight is 333 g/mol. The smallest absolute Gasteiger partial charge is 0.320 e. The fourth-order valence-corrected chi connectivity index (χ4v) is 2.78. The van der Waals surface area contributed by atoms with Gasteiger partial charge in [-0.1, -0.05) is 18.2 Å². The van der Waals surface area contributed by atoms with Crippen molar-refractivity contribution in [3.05, 3.63) is 30.3 Å². The van der Waals surface area contributed by atoms with Gasteiger partial charge in [-0.3, -0.25) is 9.59 Å². The van der Waals surface area contributed by atoms with E-state index in [0.717, 1.165) is 0 Å². The number of urea groups is 1. The van der Waals surface area contributed by atoms with E-state index in [0.29, 0.717) is 25.1 Å². The molecule has 1 saturated heterocycles. The number of hydrogen-bond acceptors (Lipinski definition) is 3. The van der Waals surface area contributed by atoms with Crippen LogP contribution in [0.15, 0.2) is 30.3 Å². The van der Waals surface area contributed by atoms with Crippen molar-refractivity contribution < 1.29 is 19.5 Å². The van der Waals surface area contributed by atoms with Gasteiger partial charge >= 0.3 is 12.0 Å². The number of carbonyl (C=O) groups excluding carboxylic acids is 2. The van der Waals surface area contributed by atoms with Crippen LogP contribution in [0.3, 0.4) is 0 Å². The molecule has 0 radical (unpaired) electrons. The summed E-state index contributed by atoms with van der Waals surface area (Å²) in [6.07, 6.45) is 1.22. The third-order valence-corrected chi connectivity index (χ3v) is 4.05. The summed E-state index contributed by atoms with van der Waals surface area (Å²) < 4.78 is 0. The van der Waals surface area contributed by atoms with Crippen LogP contribution in [0.4, 0.5) is 10.5 Å². The molecule has 0 aromatic heterocycles. The van der Waals surface area contributed by atoms with Gasteiger partial charge in [-0.2, -0.15) is 0 Å². The SMILES string of the molecule is CC(C)(NC(=O)Nc1ccccc1)C(=O)N1CCCC(C(=O)O)C1. The van der Waals surface area contributed by atoms with Gasteiger partial charge in [0, 0.05) is 18.8 Å². The van der Waals surface area contributed by atoms with E-state index in [2.05, 4.69) is 10.6 Å². The number of anilines is 1. The van der Waals surface area contributed by atoms with Gasteiger partial charge in [0.1, 0.15) is 5.54 Å². The molecule has 0 saturated carbocycles. The first-order valence-electron chi connectivity index (χ1n) is 7.96. The number of likely N-dealkylation sites (tertiary alicyclic amines) is 1. The minimum absolute atomic E-state index is 0.180. The number of para-hydroxylation sites is 1. The number of carboxylic acid groups (broad SMARTS) is 1. The molecule has 3 amide bonds. The molecule has 24 heavy (non-hydrogen) atoms. The molecule has 1 aromatic carbocycles. The van der Waals surface area contributed by atoms with Gasteiger partial charge in [-0.25, -0.2) is 4.79 Å². The van der Waals surface area contributed by atoms with Gasteiger partial charge in [0.25, 0.3) is 0 Å². The molecule has 1 unspecified atom stereocenters. The predicted octanol–water partition coefficient (Wildman–Crippen LogP) is 1.91. The van der Waals surface area contributed by atoms with Crippen molar-refractivity contribution >= 4 is 23.6 Å². The Morgan fingerprint density at radius 1 is 1.21 bits per heavy atom. The molecule has 7 nitrogen and oxygen atoms in total. The number of amides is 3. The van der Waals surface area contributed by atoms with Gasteiger partial charge in [0.05, 0.1) is 5.92 Å². The van der Waals surface area contributed by atoms with Crippen LogP contribution in [0.2, 0.25) is 0 Å². The zero-order valence-corrected chi connectivity index (χ0v) is 13.9. The summed E-state index contributed by atoms with van der Waals surface area (Å²) in [5, 5.41) is 14.5. The Balaban J connectivity index is 1.96. The number of benzene rings is 1. The molecule has 7 heteroatoms. The van der Waals surface area contributed by atoms with Crippen molar-refractivity contribution in [3.8, 4) is 0 Å². The zero-order valence-electron chi connectivity index (χ0n) is 13.9. The normalized spacial score (nSPS) is 17.9. The van der Waals surface area contributed by atoms with E-state index in [-0.39, 0.29) is 12.5 Å². The highest BCUT2D eigenvalue weighted by Crippen LogP contribution is 2.20. The third kappa shape index (κ3) is 4.47. The largest absolute Gasteiger partial charge is 0.481 e. The minimum Gasteiger partial charge on any atom is -0.481 e. The first kappa shape index (κ1) is 17.8. The van der Waals surface area contributed by atoms with Crippen molar-refractivity contribution in [3.63, 3.8) is 0 Å². The minimum atomic E-state index is -1.13. The molecule has 0 aliphatic carbocycles. The summed E-state index contributed by atoms with van der Waals surface area (Å²) in [6, 6.07) is 8.45. The molecule has 1 heterocycles. The highest BCUT2D eigenvalue weighted by Gasteiger charge is 2.37. The Bertz CT molecular complexity index is 616. The molecule has 0 spiro atoms. The molecule has 3 N–H and O–H groups in total. The highest BCUT2D eigenvalue weighted by atomic mass is 16.4. The number of piperidine rings is 1. The molecule has 1 fully saturated rings. The first-order valence-corrected chi connectivity index (χ1v) is 7.96. The maximum Gasteiger partial charge on any atom is 0.320 e. The molecule has 0 bridgehead atoms. The Morgan fingerprint density at radius 3 is 2.50 bits per heavy atom. The third-order valence-electron chi connectivity index (χ3n) is 4.05. The molecule has 1 atom stereocenters. The fourth-order valence-electron chi connectivity index (χ4n) is 2.78. The molecule has 130 valence electrons. The summed E-state index contributed by atoms with van der Waals surface area (Å²) in [6.45, 7) is 3.92. The first-order chi connectivity index (χ1) is 11.3. The van der Waals surface area contributed by atoms with Crippen LogP contribution in [0.1, 0.15) is 26.7 Å². The summed E-state index contributed by atoms with van der Waals surface area (Å²) in [7, 11) is 0. The molecule has 1 aliphatic rings. The van der Waals surface area contributed by atoms with E-state index >= 15 is 0 Å². The topological polar surface area (TPSA) is 98.7 Å². The summed E-state index contributed by atoms with van der Waals surface area (Å²) >= 11 is 0. The standard InChI is InChI=1S/C17H23N3O4/c1-17(2,19-16(24)18-13-8-4-3-5-9-13)15(23)20-10-6-7-12(11-20)14(21)22/h3-5,8-9,12H,6-7,10-11H2,1-2H3,(H,21,22)(H2,18,19,24). The lowest BCUT2D eigenvalue weighted by molar-refractivity contribution is -0.147. The number of nitrogens with zero attached hydrogens (tertiary/aromatic N) is 1. The van der Waals surface area contributed by atoms with E-state index in [4.69, 9.17) is 5.11 Å². The summed E-state index contributed by atoms with van der Waals surface area (Å²) in [5.41, 5.74) is -0.499. The average Bonchev–Trinajstić information content (AvgIpc) is 2.54. The van der Waals surface area contributed by atoms with Crippen molar-refractivity contribution in [1.29, 1.82) is 0 Å². The lowest BCUT2D eigenvalue weighted by atomic mass is 9.95. The van der Waals surface area contributed by atoms with Crippen molar-refractivity contribution in [2.75, 3.05) is 18.4 Å². The van der Waals surface area contributed by atoms with E-state index in [1.807, 2.05) is 6.07 Å². The van der Waals surface area contributed by atoms with Crippen molar-refractivity contribution in [2.45, 2.75) is 32.2 Å². The second-order valence-electron chi connectivity index (χ2n) is 6.50. The summed E-state index contributed by atoms with van der Waals surface area (Å²) in [5.74, 6) is -1.71. The quantitative estimate of drug-likeness (QED) is 0.784. The molecular formula is C17H23N3O4. The Kier molecular flexibility index (Phi) is 5.43. The van der Waals surface area contributed by atoms with Crippen LogP contribution in [0, 0.1) is 5.92 Å². The van der Waals surface area contributed by atoms with Gasteiger partial charge in [0.2, 0.25) is 5.91 Å². The molecular weight excluding hydrogens is 310 g/mol. The molecule has 1 aliphatic heterocycles. The van der Waals surface area contributed by atoms with E-state index in [1.54, 1.807) is 38.1 Å². The predicted molar refractivity (Wildman–Crippen MR) is 89.6 cm³/mol. The number of carboxylic acids is 1. The number of rotatable bonds is 4. The van der Waals surface area contributed by atoms with Gasteiger partial charge < -0.3 is 20.6 Å². The lowest BCUT2D eigenvalue weighted by Gasteiger charge is -2.36. The monoisotopic (exact) mass is 333 g/mol. The maximum atomic E-state index is 12.7. The highest BCUT2D eigenvalue weighted by molar-refractivity contribution is 5.95. The van der Waals surface area contributed by atoms with Crippen molar-refractivity contribution in [1.82, 2.24) is 10.2 Å². The Morgan fingerprint density at radius 2 is 1.88 bits per heavy atom. The number of carbonyl (C=O) groups is 3. The van der Waals surface area contributed by atoms with Crippen LogP contribution in [-0.2, 0) is 9.59 Å².